The first kappa shape index (κ1) is 21.6. The van der Waals surface area contributed by atoms with Crippen LogP contribution in [0, 0.1) is 10.1 Å². The number of carboxylic acids is 1. The molecule has 1 N–H and O–H groups in total. The SMILES string of the molecule is CC(Oc1cccc(Oc2c(Cl)cc(C(F)(F)F)cc2Cl)c1)(C(=O)O)[N+](=O)[O-]. The molecule has 2 aromatic rings. The third-order valence-corrected chi connectivity index (χ3v) is 3.97. The number of alkyl halides is 3. The lowest BCUT2D eigenvalue weighted by molar-refractivity contribution is -0.593. The Labute approximate surface area is 165 Å². The second kappa shape index (κ2) is 7.72. The number of rotatable bonds is 6. The van der Waals surface area contributed by atoms with E-state index < -0.39 is 38.4 Å². The van der Waals surface area contributed by atoms with Crippen molar-refractivity contribution in [1.29, 1.82) is 0 Å². The lowest BCUT2D eigenvalue weighted by Crippen LogP contribution is -2.48. The highest BCUT2D eigenvalue weighted by Gasteiger charge is 2.49. The summed E-state index contributed by atoms with van der Waals surface area (Å²) in [6, 6.07) is 6.22. The molecule has 0 heterocycles. The van der Waals surface area contributed by atoms with Crippen LogP contribution < -0.4 is 9.47 Å². The second-order valence-electron chi connectivity index (χ2n) is 5.49. The normalized spacial score (nSPS) is 13.5. The summed E-state index contributed by atoms with van der Waals surface area (Å²) in [5.41, 5.74) is -3.84. The Kier molecular flexibility index (Phi) is 5.95. The highest BCUT2D eigenvalue weighted by atomic mass is 35.5. The summed E-state index contributed by atoms with van der Waals surface area (Å²) in [5.74, 6) is -2.42. The van der Waals surface area contributed by atoms with E-state index in [0.717, 1.165) is 13.0 Å². The van der Waals surface area contributed by atoms with E-state index in [9.17, 15) is 28.1 Å². The third-order valence-electron chi connectivity index (χ3n) is 3.41. The summed E-state index contributed by atoms with van der Waals surface area (Å²) in [7, 11) is 0. The molecule has 0 aliphatic carbocycles. The minimum atomic E-state index is -4.66. The molecular weight excluding hydrogens is 430 g/mol. The predicted molar refractivity (Wildman–Crippen MR) is 91.6 cm³/mol. The van der Waals surface area contributed by atoms with Crippen molar-refractivity contribution in [2.45, 2.75) is 18.8 Å². The van der Waals surface area contributed by atoms with Crippen molar-refractivity contribution in [2.75, 3.05) is 0 Å². The highest BCUT2D eigenvalue weighted by molar-refractivity contribution is 6.37. The van der Waals surface area contributed by atoms with Gasteiger partial charge in [-0.2, -0.15) is 13.2 Å². The zero-order valence-electron chi connectivity index (χ0n) is 13.8. The molecule has 0 fully saturated rings. The fraction of sp³-hybridized carbons (Fsp3) is 0.188. The molecule has 28 heavy (non-hydrogen) atoms. The number of carboxylic acid groups (broad SMARTS) is 1. The van der Waals surface area contributed by atoms with Crippen molar-refractivity contribution < 1.29 is 37.5 Å². The summed E-state index contributed by atoms with van der Waals surface area (Å²) in [4.78, 5) is 21.0. The molecule has 1 atom stereocenters. The lowest BCUT2D eigenvalue weighted by Gasteiger charge is -2.18. The minimum absolute atomic E-state index is 0.0582. The van der Waals surface area contributed by atoms with Gasteiger partial charge in [-0.3, -0.25) is 10.1 Å². The molecule has 0 aliphatic heterocycles. The molecule has 0 bridgehead atoms. The van der Waals surface area contributed by atoms with E-state index in [-0.39, 0.29) is 17.2 Å². The smallest absolute Gasteiger partial charge is 0.457 e. The summed E-state index contributed by atoms with van der Waals surface area (Å²) in [6.07, 6.45) is -4.66. The number of halogens is 5. The number of benzene rings is 2. The molecule has 0 amide bonds. The number of carbonyl (C=O) groups is 1. The number of aliphatic carboxylic acids is 1. The summed E-state index contributed by atoms with van der Waals surface area (Å²) in [6.45, 7) is 0.743. The van der Waals surface area contributed by atoms with Crippen LogP contribution in [0.15, 0.2) is 36.4 Å². The molecule has 0 saturated heterocycles. The van der Waals surface area contributed by atoms with Gasteiger partial charge >= 0.3 is 17.9 Å². The first-order valence-electron chi connectivity index (χ1n) is 7.25. The number of ether oxygens (including phenoxy) is 2. The highest BCUT2D eigenvalue weighted by Crippen LogP contribution is 2.42. The lowest BCUT2D eigenvalue weighted by atomic mass is 10.2. The van der Waals surface area contributed by atoms with E-state index in [0.29, 0.717) is 12.1 Å². The van der Waals surface area contributed by atoms with Crippen molar-refractivity contribution in [3.05, 3.63) is 62.1 Å². The van der Waals surface area contributed by atoms with Crippen molar-refractivity contribution in [1.82, 2.24) is 0 Å². The average molecular weight is 440 g/mol. The first-order valence-corrected chi connectivity index (χ1v) is 8.01. The monoisotopic (exact) mass is 439 g/mol. The van der Waals surface area contributed by atoms with Gasteiger partial charge in [0.05, 0.1) is 27.5 Å². The fourth-order valence-electron chi connectivity index (χ4n) is 1.93. The van der Waals surface area contributed by atoms with E-state index in [4.69, 9.17) is 37.8 Å². The van der Waals surface area contributed by atoms with Crippen LogP contribution in [0.5, 0.6) is 17.2 Å². The third kappa shape index (κ3) is 4.57. The van der Waals surface area contributed by atoms with Crippen molar-refractivity contribution in [3.63, 3.8) is 0 Å². The van der Waals surface area contributed by atoms with E-state index in [1.807, 2.05) is 0 Å². The zero-order valence-corrected chi connectivity index (χ0v) is 15.3. The molecule has 0 saturated carbocycles. The van der Waals surface area contributed by atoms with Gasteiger partial charge in [0.15, 0.2) is 5.75 Å². The van der Waals surface area contributed by atoms with Crippen molar-refractivity contribution in [3.8, 4) is 17.2 Å². The average Bonchev–Trinajstić information content (AvgIpc) is 2.57. The maximum absolute atomic E-state index is 12.8. The van der Waals surface area contributed by atoms with Crippen LogP contribution in [0.25, 0.3) is 0 Å². The fourth-order valence-corrected chi connectivity index (χ4v) is 2.49. The van der Waals surface area contributed by atoms with Crippen LogP contribution >= 0.6 is 23.2 Å². The molecule has 1 unspecified atom stereocenters. The van der Waals surface area contributed by atoms with E-state index in [2.05, 4.69) is 0 Å². The van der Waals surface area contributed by atoms with Crippen LogP contribution in [-0.4, -0.2) is 21.7 Å². The molecule has 0 radical (unpaired) electrons. The standard InChI is InChI=1S/C16H10Cl2F3NO6/c1-15(14(23)24,22(25)26)28-10-4-2-3-9(7-10)27-13-11(17)5-8(6-12(13)18)16(19,20)21/h2-7H,1H3,(H,23,24). The van der Waals surface area contributed by atoms with Gasteiger partial charge in [-0.1, -0.05) is 29.3 Å². The molecule has 0 aliphatic rings. The molecule has 7 nitrogen and oxygen atoms in total. The molecular formula is C16H10Cl2F3NO6. The van der Waals surface area contributed by atoms with Crippen LogP contribution in [0.1, 0.15) is 12.5 Å². The Bertz CT molecular complexity index is 898. The quantitative estimate of drug-likeness (QED) is 0.374. The van der Waals surface area contributed by atoms with Crippen molar-refractivity contribution >= 4 is 29.2 Å². The van der Waals surface area contributed by atoms with E-state index >= 15 is 0 Å². The van der Waals surface area contributed by atoms with Gasteiger partial charge in [0.1, 0.15) is 11.5 Å². The topological polar surface area (TPSA) is 98.9 Å². The summed E-state index contributed by atoms with van der Waals surface area (Å²) >= 11 is 11.6. The van der Waals surface area contributed by atoms with Gasteiger partial charge in [0.25, 0.3) is 0 Å². The van der Waals surface area contributed by atoms with E-state index in [1.54, 1.807) is 0 Å². The number of hydrogen-bond acceptors (Lipinski definition) is 5. The molecule has 2 aromatic carbocycles. The van der Waals surface area contributed by atoms with Gasteiger partial charge in [0.2, 0.25) is 0 Å². The number of nitro groups is 1. The van der Waals surface area contributed by atoms with Gasteiger partial charge in [-0.25, -0.2) is 4.79 Å². The number of nitrogens with zero attached hydrogens (tertiary/aromatic N) is 1. The Morgan fingerprint density at radius 1 is 1.14 bits per heavy atom. The predicted octanol–water partition coefficient (Wildman–Crippen LogP) is 5.26. The molecule has 150 valence electrons. The maximum atomic E-state index is 12.8. The Morgan fingerprint density at radius 3 is 2.14 bits per heavy atom. The molecule has 0 aromatic heterocycles. The summed E-state index contributed by atoms with van der Waals surface area (Å²) < 4.78 is 48.6. The van der Waals surface area contributed by atoms with Crippen molar-refractivity contribution in [2.24, 2.45) is 0 Å². The Hall–Kier alpha value is -2.72. The van der Waals surface area contributed by atoms with Gasteiger partial charge in [-0.05, 0) is 24.3 Å². The Balaban J connectivity index is 2.34. The molecule has 12 heteroatoms. The van der Waals surface area contributed by atoms with Crippen LogP contribution in [-0.2, 0) is 11.0 Å². The second-order valence-corrected chi connectivity index (χ2v) is 6.31. The summed E-state index contributed by atoms with van der Waals surface area (Å²) in [5, 5.41) is 19.1. The van der Waals surface area contributed by atoms with Gasteiger partial charge in [0, 0.05) is 6.07 Å². The zero-order chi connectivity index (χ0) is 21.3. The first-order chi connectivity index (χ1) is 12.8. The minimum Gasteiger partial charge on any atom is -0.473 e. The largest absolute Gasteiger partial charge is 0.473 e. The number of hydrogen-bond donors (Lipinski definition) is 1. The van der Waals surface area contributed by atoms with Crippen LogP contribution in [0.3, 0.4) is 0 Å². The van der Waals surface area contributed by atoms with Crippen LogP contribution in [0.2, 0.25) is 10.0 Å². The van der Waals surface area contributed by atoms with Gasteiger partial charge in [-0.15, -0.1) is 0 Å². The molecule has 0 spiro atoms. The molecule has 2 rings (SSSR count). The Morgan fingerprint density at radius 2 is 1.68 bits per heavy atom. The maximum Gasteiger partial charge on any atom is 0.457 e. The van der Waals surface area contributed by atoms with E-state index in [1.165, 1.54) is 18.2 Å². The van der Waals surface area contributed by atoms with Gasteiger partial charge < -0.3 is 14.6 Å². The van der Waals surface area contributed by atoms with Crippen LogP contribution in [0.4, 0.5) is 13.2 Å².